The van der Waals surface area contributed by atoms with E-state index in [-0.39, 0.29) is 39.1 Å². The molecule has 0 bridgehead atoms. The van der Waals surface area contributed by atoms with E-state index in [9.17, 15) is 10.3 Å². The first kappa shape index (κ1) is 36.4. The second-order valence-corrected chi connectivity index (χ2v) is 12.5. The van der Waals surface area contributed by atoms with Crippen LogP contribution in [0.3, 0.4) is 0 Å². The summed E-state index contributed by atoms with van der Waals surface area (Å²) in [6.45, 7) is 7.34. The Kier molecular flexibility index (Phi) is 13.2. The van der Waals surface area contributed by atoms with Crippen molar-refractivity contribution < 1.29 is 42.7 Å². The summed E-state index contributed by atoms with van der Waals surface area (Å²) in [6, 6.07) is 28.5. The van der Waals surface area contributed by atoms with E-state index in [0.29, 0.717) is 0 Å². The number of hydrogen-bond donors (Lipinski definition) is 0. The first-order valence-corrected chi connectivity index (χ1v) is 16.5. The van der Waals surface area contributed by atoms with Crippen LogP contribution in [0.1, 0.15) is 44.4 Å². The first-order chi connectivity index (χ1) is 23.7. The van der Waals surface area contributed by atoms with E-state index < -0.39 is 54.6 Å². The van der Waals surface area contributed by atoms with E-state index in [1.165, 1.54) is 6.92 Å². The van der Waals surface area contributed by atoms with Crippen molar-refractivity contribution in [3.05, 3.63) is 118 Å². The SMILES string of the molecule is CC(=O)OCC1O[C@H](OCC(N=[N+]=[N-])[C@@H]2OC(C)(C)O[C@@H]2C)C(OCc2ccccc2)C(OCc2ccccc2)[C@@H]1OCc1ccccc1. The molecule has 2 aliphatic heterocycles. The Labute approximate surface area is 287 Å². The summed E-state index contributed by atoms with van der Waals surface area (Å²) < 4.78 is 50.3. The number of rotatable bonds is 16. The van der Waals surface area contributed by atoms with Crippen LogP contribution >= 0.6 is 0 Å². The highest BCUT2D eigenvalue weighted by Gasteiger charge is 2.50. The monoisotopic (exact) mass is 675 g/mol. The third-order valence-corrected chi connectivity index (χ3v) is 8.26. The minimum absolute atomic E-state index is 0.0738. The lowest BCUT2D eigenvalue weighted by Crippen LogP contribution is -2.62. The van der Waals surface area contributed by atoms with Crippen LogP contribution in [0.15, 0.2) is 96.1 Å². The molecule has 12 nitrogen and oxygen atoms in total. The van der Waals surface area contributed by atoms with Gasteiger partial charge in [0, 0.05) is 11.8 Å². The number of hydrogen-bond acceptors (Lipinski definition) is 10. The summed E-state index contributed by atoms with van der Waals surface area (Å²) in [6.07, 6.45) is -5.05. The molecule has 4 unspecified atom stereocenters. The molecule has 3 aromatic carbocycles. The van der Waals surface area contributed by atoms with E-state index in [1.54, 1.807) is 13.8 Å². The molecule has 0 aliphatic carbocycles. The Morgan fingerprint density at radius 2 is 1.31 bits per heavy atom. The summed E-state index contributed by atoms with van der Waals surface area (Å²) in [7, 11) is 0. The van der Waals surface area contributed by atoms with Crippen LogP contribution in [0.2, 0.25) is 0 Å². The number of esters is 1. The van der Waals surface area contributed by atoms with Gasteiger partial charge in [0.2, 0.25) is 0 Å². The van der Waals surface area contributed by atoms with Gasteiger partial charge >= 0.3 is 5.97 Å². The van der Waals surface area contributed by atoms with Gasteiger partial charge < -0.3 is 37.9 Å². The molecule has 2 fully saturated rings. The standard InChI is InChI=1S/C37H45N3O9/c1-25-32(49-37(3,4)48-25)30(39-40-38)23-46-36-35(45-22-29-18-12-7-13-19-29)34(44-21-28-16-10-6-11-17-28)33(31(47-36)24-42-26(2)41)43-20-27-14-8-5-9-15-27/h5-19,25,30-36H,20-24H2,1-4H3/t25-,30?,31?,32-,33-,34?,35?,36+/m1/s1. The Morgan fingerprint density at radius 3 is 1.78 bits per heavy atom. The molecule has 0 N–H and O–H groups in total. The van der Waals surface area contributed by atoms with Crippen LogP contribution in [-0.4, -0.2) is 73.9 Å². The zero-order valence-corrected chi connectivity index (χ0v) is 28.3. The Bertz CT molecular complexity index is 1490. The van der Waals surface area contributed by atoms with Crippen LogP contribution in [0.25, 0.3) is 10.4 Å². The maximum Gasteiger partial charge on any atom is 0.302 e. The predicted molar refractivity (Wildman–Crippen MR) is 179 cm³/mol. The van der Waals surface area contributed by atoms with E-state index >= 15 is 0 Å². The normalized spacial score (nSPS) is 26.8. The summed E-state index contributed by atoms with van der Waals surface area (Å²) in [5.74, 6) is -1.32. The molecular weight excluding hydrogens is 630 g/mol. The van der Waals surface area contributed by atoms with Gasteiger partial charge in [-0.05, 0) is 43.0 Å². The highest BCUT2D eigenvalue weighted by molar-refractivity contribution is 5.65. The molecule has 0 saturated carbocycles. The molecule has 5 rings (SSSR count). The second kappa shape index (κ2) is 17.7. The summed E-state index contributed by atoms with van der Waals surface area (Å²) in [5.41, 5.74) is 12.3. The molecule has 49 heavy (non-hydrogen) atoms. The van der Waals surface area contributed by atoms with Crippen molar-refractivity contribution in [3.63, 3.8) is 0 Å². The average molecular weight is 676 g/mol. The molecule has 0 aromatic heterocycles. The molecule has 3 aromatic rings. The van der Waals surface area contributed by atoms with Gasteiger partial charge in [0.25, 0.3) is 0 Å². The van der Waals surface area contributed by atoms with E-state index in [1.807, 2.05) is 97.9 Å². The van der Waals surface area contributed by atoms with Gasteiger partial charge in [-0.25, -0.2) is 0 Å². The fourth-order valence-electron chi connectivity index (χ4n) is 6.02. The Balaban J connectivity index is 1.46. The molecule has 0 spiro atoms. The van der Waals surface area contributed by atoms with Crippen LogP contribution in [0.4, 0.5) is 0 Å². The van der Waals surface area contributed by atoms with Crippen LogP contribution in [0.5, 0.6) is 0 Å². The van der Waals surface area contributed by atoms with Gasteiger partial charge in [-0.3, -0.25) is 4.79 Å². The number of benzene rings is 3. The maximum absolute atomic E-state index is 12.0. The second-order valence-electron chi connectivity index (χ2n) is 12.5. The maximum atomic E-state index is 12.0. The van der Waals surface area contributed by atoms with Crippen LogP contribution in [0, 0.1) is 0 Å². The lowest BCUT2D eigenvalue weighted by Gasteiger charge is -2.46. The summed E-state index contributed by atoms with van der Waals surface area (Å²) in [5, 5.41) is 4.01. The molecule has 12 heteroatoms. The quantitative estimate of drug-likeness (QED) is 0.0744. The summed E-state index contributed by atoms with van der Waals surface area (Å²) >= 11 is 0. The third kappa shape index (κ3) is 10.6. The van der Waals surface area contributed by atoms with E-state index in [4.69, 9.17) is 37.9 Å². The number of ether oxygens (including phenoxy) is 8. The minimum Gasteiger partial charge on any atom is -0.463 e. The molecule has 0 radical (unpaired) electrons. The van der Waals surface area contributed by atoms with Crippen molar-refractivity contribution in [1.82, 2.24) is 0 Å². The van der Waals surface area contributed by atoms with Crippen molar-refractivity contribution in [1.29, 1.82) is 0 Å². The Morgan fingerprint density at radius 1 is 0.796 bits per heavy atom. The molecule has 262 valence electrons. The highest BCUT2D eigenvalue weighted by Crippen LogP contribution is 2.34. The van der Waals surface area contributed by atoms with Crippen molar-refractivity contribution in [2.24, 2.45) is 5.11 Å². The molecular formula is C37H45N3O9. The number of azide groups is 1. The Hall–Kier alpha value is -3.84. The molecule has 2 heterocycles. The van der Waals surface area contributed by atoms with Crippen molar-refractivity contribution >= 4 is 5.97 Å². The van der Waals surface area contributed by atoms with Gasteiger partial charge in [-0.15, -0.1) is 0 Å². The summed E-state index contributed by atoms with van der Waals surface area (Å²) in [4.78, 5) is 15.1. The smallest absolute Gasteiger partial charge is 0.302 e. The molecule has 8 atom stereocenters. The zero-order chi connectivity index (χ0) is 34.6. The fraction of sp³-hybridized carbons (Fsp3) is 0.486. The topological polar surface area (TPSA) is 140 Å². The van der Waals surface area contributed by atoms with Crippen molar-refractivity contribution in [3.8, 4) is 0 Å². The third-order valence-electron chi connectivity index (χ3n) is 8.26. The van der Waals surface area contributed by atoms with Gasteiger partial charge in [0.15, 0.2) is 12.1 Å². The zero-order valence-electron chi connectivity index (χ0n) is 28.3. The van der Waals surface area contributed by atoms with Crippen LogP contribution in [-0.2, 0) is 62.5 Å². The average Bonchev–Trinajstić information content (AvgIpc) is 3.39. The van der Waals surface area contributed by atoms with Gasteiger partial charge in [-0.2, -0.15) is 0 Å². The predicted octanol–water partition coefficient (Wildman–Crippen LogP) is 6.27. The lowest BCUT2D eigenvalue weighted by molar-refractivity contribution is -0.328. The number of carbonyl (C=O) groups is 1. The van der Waals surface area contributed by atoms with Gasteiger partial charge in [0.05, 0.1) is 44.7 Å². The van der Waals surface area contributed by atoms with Gasteiger partial charge in [0.1, 0.15) is 31.0 Å². The van der Waals surface area contributed by atoms with Crippen molar-refractivity contribution in [2.45, 2.75) is 102 Å². The first-order valence-electron chi connectivity index (χ1n) is 16.5. The minimum atomic E-state index is -1.04. The van der Waals surface area contributed by atoms with Crippen molar-refractivity contribution in [2.75, 3.05) is 13.2 Å². The number of carbonyl (C=O) groups excluding carboxylic acids is 1. The van der Waals surface area contributed by atoms with Gasteiger partial charge in [-0.1, -0.05) is 96.1 Å². The molecule has 0 amide bonds. The van der Waals surface area contributed by atoms with Crippen LogP contribution < -0.4 is 0 Å². The molecule has 2 saturated heterocycles. The highest BCUT2D eigenvalue weighted by atomic mass is 16.8. The largest absolute Gasteiger partial charge is 0.463 e. The molecule has 2 aliphatic rings. The van der Waals surface area contributed by atoms with E-state index in [2.05, 4.69) is 10.0 Å². The number of nitrogens with zero attached hydrogens (tertiary/aromatic N) is 3. The lowest BCUT2D eigenvalue weighted by atomic mass is 9.97. The fourth-order valence-corrected chi connectivity index (χ4v) is 6.02. The van der Waals surface area contributed by atoms with E-state index in [0.717, 1.165) is 16.7 Å².